The number of carbonyl (C=O) groups excluding carboxylic acids is 4. The number of rotatable bonds is 30. The molecule has 4 aromatic carbocycles. The Hall–Kier alpha value is -7.07. The van der Waals surface area contributed by atoms with E-state index in [4.69, 9.17) is 29.4 Å². The Labute approximate surface area is 549 Å². The molecule has 8 atom stereocenters. The number of alkyl carbamates (subject to hydrolysis) is 2. The summed E-state index contributed by atoms with van der Waals surface area (Å²) in [6.45, 7) is 12.8. The molecule has 3 saturated heterocycles. The van der Waals surface area contributed by atoms with Crippen molar-refractivity contribution in [3.63, 3.8) is 0 Å². The number of aliphatic hydroxyl groups is 1. The fourth-order valence-corrected chi connectivity index (χ4v) is 14.0. The average molecular weight is 1320 g/mol. The summed E-state index contributed by atoms with van der Waals surface area (Å²) in [5, 5.41) is 26.5. The lowest BCUT2D eigenvalue weighted by molar-refractivity contribution is -0.124. The zero-order valence-electron chi connectivity index (χ0n) is 53.2. The number of nitrogens with two attached hydrogens (primary N) is 1. The second kappa shape index (κ2) is 35.8. The van der Waals surface area contributed by atoms with Crippen LogP contribution in [0.3, 0.4) is 0 Å². The van der Waals surface area contributed by atoms with Crippen LogP contribution in [0.1, 0.15) is 91.6 Å². The van der Waals surface area contributed by atoms with E-state index in [0.29, 0.717) is 76.6 Å². The first kappa shape index (κ1) is 70.8. The number of nitrogens with zero attached hydrogens (tertiary/aromatic N) is 5. The van der Waals surface area contributed by atoms with Gasteiger partial charge in [0.05, 0.1) is 77.0 Å². The van der Waals surface area contributed by atoms with Crippen LogP contribution in [0.25, 0.3) is 0 Å². The molecule has 7 N–H and O–H groups in total. The highest BCUT2D eigenvalue weighted by atomic mass is 32.2. The number of carbonyl (C=O) groups is 4. The second-order valence-corrected chi connectivity index (χ2v) is 28.0. The van der Waals surface area contributed by atoms with E-state index in [2.05, 4.69) is 50.0 Å². The van der Waals surface area contributed by atoms with Crippen LogP contribution in [-0.4, -0.2) is 171 Å². The van der Waals surface area contributed by atoms with E-state index < -0.39 is 46.5 Å². The molecule has 22 nitrogen and oxygen atoms in total. The molecule has 2 aromatic heterocycles. The number of nitrogens with one attached hydrogen (secondary N) is 4. The maximum absolute atomic E-state index is 14.2. The Kier molecular flexibility index (Phi) is 27.6. The molecule has 0 radical (unpaired) electrons. The van der Waals surface area contributed by atoms with Crippen LogP contribution >= 0.6 is 22.7 Å². The topological polar surface area (TPSA) is 278 Å². The summed E-state index contributed by atoms with van der Waals surface area (Å²) in [7, 11) is -2.20. The molecule has 3 aliphatic heterocycles. The van der Waals surface area contributed by atoms with Gasteiger partial charge in [0, 0.05) is 75.0 Å². The van der Waals surface area contributed by atoms with Crippen LogP contribution in [-0.2, 0) is 70.9 Å². The van der Waals surface area contributed by atoms with Gasteiger partial charge < -0.3 is 60.7 Å². The van der Waals surface area contributed by atoms with Crippen LogP contribution in [0, 0.1) is 11.8 Å². The summed E-state index contributed by atoms with van der Waals surface area (Å²) < 4.78 is 56.0. The number of ether oxygens (including phenoxy) is 5. The molecular formula is C67H90N10O12S3. The summed E-state index contributed by atoms with van der Waals surface area (Å²) in [5.41, 5.74) is 11.8. The minimum absolute atomic E-state index is 0.000183. The third-order valence-electron chi connectivity index (χ3n) is 16.1. The monoisotopic (exact) mass is 1320 g/mol. The molecule has 0 bridgehead atoms. The van der Waals surface area contributed by atoms with Crippen molar-refractivity contribution in [2.45, 2.75) is 139 Å². The maximum atomic E-state index is 14.2. The number of amides is 5. The number of aliphatic hydroxyl groups excluding tert-OH is 1. The van der Waals surface area contributed by atoms with Crippen LogP contribution in [0.5, 0.6) is 0 Å². The highest BCUT2D eigenvalue weighted by Crippen LogP contribution is 2.33. The molecular weight excluding hydrogens is 1230 g/mol. The standard InChI is InChI=1S/C40H53N7O5S2.C27H37N3O7S/c1-29(2)38-43-34(27-53-38)25-46(3)39(49)45-36(16-17-47-18-20-51-21-19-47)37(48)42-32(22-30-10-6-4-7-11-30)14-15-33(23-31-12-8-5-9-13-31)44-40(50)52-26-35-24-41-28-54-35;1-18(2)15-30(38(33,34)21-10-8-20(28)9-11-21)16-24(31)23(14-19-6-4-3-5-7-19)29-27(32)37-25-17-36-26-22(25)12-13-35-26/h4-13,24,27-29,32-33,36H,14-23,25-26H2,1-3H3,(H,42,48)(H,44,50)(H,45,49);3-11,18,22-26,31H,12-17,28H2,1-2H3,(H,29,32)/t32-,33-,36+;22-,23-,24+,25-,26+/m10/s1. The lowest BCUT2D eigenvalue weighted by Gasteiger charge is -2.31. The third-order valence-corrected chi connectivity index (χ3v) is 19.9. The molecule has 0 aliphatic carbocycles. The number of hydrogen-bond donors (Lipinski definition) is 6. The quantitative estimate of drug-likeness (QED) is 0.0231. The highest BCUT2D eigenvalue weighted by Gasteiger charge is 2.44. The molecule has 25 heteroatoms. The fraction of sp³-hybridized carbons (Fsp3) is 0.493. The smallest absolute Gasteiger partial charge is 0.407 e. The van der Waals surface area contributed by atoms with Gasteiger partial charge in [-0.3, -0.25) is 14.7 Å². The van der Waals surface area contributed by atoms with E-state index >= 15 is 0 Å². The Morgan fingerprint density at radius 1 is 0.761 bits per heavy atom. The van der Waals surface area contributed by atoms with Gasteiger partial charge in [-0.1, -0.05) is 119 Å². The fourth-order valence-electron chi connectivity index (χ4n) is 11.1. The van der Waals surface area contributed by atoms with Gasteiger partial charge in [-0.25, -0.2) is 27.8 Å². The molecule has 0 saturated carbocycles. The van der Waals surface area contributed by atoms with Gasteiger partial charge in [0.2, 0.25) is 15.9 Å². The Morgan fingerprint density at radius 3 is 1.99 bits per heavy atom. The number of hydrogen-bond acceptors (Lipinski definition) is 18. The first-order valence-electron chi connectivity index (χ1n) is 31.6. The first-order chi connectivity index (χ1) is 44.3. The van der Waals surface area contributed by atoms with Crippen molar-refractivity contribution in [2.24, 2.45) is 11.8 Å². The number of sulfonamides is 1. The molecule has 6 aromatic rings. The third kappa shape index (κ3) is 22.6. The van der Waals surface area contributed by atoms with Crippen molar-refractivity contribution in [2.75, 3.05) is 71.9 Å². The minimum Gasteiger partial charge on any atom is -0.444 e. The number of urea groups is 1. The van der Waals surface area contributed by atoms with Crippen molar-refractivity contribution in [3.05, 3.63) is 165 Å². The number of anilines is 1. The number of aromatic nitrogens is 2. The van der Waals surface area contributed by atoms with Gasteiger partial charge in [0.25, 0.3) is 0 Å². The van der Waals surface area contributed by atoms with Crippen molar-refractivity contribution in [3.8, 4) is 0 Å². The molecule has 498 valence electrons. The summed E-state index contributed by atoms with van der Waals surface area (Å²) >= 11 is 3.02. The summed E-state index contributed by atoms with van der Waals surface area (Å²) in [6.07, 6.45) is 2.31. The maximum Gasteiger partial charge on any atom is 0.407 e. The van der Waals surface area contributed by atoms with E-state index in [1.165, 1.54) is 39.9 Å². The zero-order valence-corrected chi connectivity index (χ0v) is 55.6. The van der Waals surface area contributed by atoms with Gasteiger partial charge in [-0.05, 0) is 91.8 Å². The molecule has 92 heavy (non-hydrogen) atoms. The van der Waals surface area contributed by atoms with Gasteiger partial charge in [0.1, 0.15) is 18.8 Å². The zero-order chi connectivity index (χ0) is 65.4. The largest absolute Gasteiger partial charge is 0.444 e. The predicted molar refractivity (Wildman–Crippen MR) is 354 cm³/mol. The van der Waals surface area contributed by atoms with Crippen molar-refractivity contribution in [1.29, 1.82) is 0 Å². The van der Waals surface area contributed by atoms with E-state index in [-0.39, 0.29) is 79.8 Å². The molecule has 3 aliphatic rings. The molecule has 5 heterocycles. The van der Waals surface area contributed by atoms with Gasteiger partial charge in [-0.15, -0.1) is 22.7 Å². The molecule has 0 unspecified atom stereocenters. The van der Waals surface area contributed by atoms with Gasteiger partial charge >= 0.3 is 18.2 Å². The van der Waals surface area contributed by atoms with Crippen LogP contribution in [0.2, 0.25) is 0 Å². The van der Waals surface area contributed by atoms with E-state index in [1.807, 2.05) is 110 Å². The second-order valence-electron chi connectivity index (χ2n) is 24.2. The number of fused-ring (bicyclic) bond motifs is 1. The molecule has 0 spiro atoms. The summed E-state index contributed by atoms with van der Waals surface area (Å²) in [4.78, 5) is 67.2. The van der Waals surface area contributed by atoms with Crippen molar-refractivity contribution < 1.29 is 56.4 Å². The summed E-state index contributed by atoms with van der Waals surface area (Å²) in [5.74, 6) is 0.0515. The molecule has 9 rings (SSSR count). The Balaban J connectivity index is 0.000000251. The number of nitrogen functional groups attached to an aromatic ring is 1. The lowest BCUT2D eigenvalue weighted by atomic mass is 9.95. The normalized spacial score (nSPS) is 18.2. The van der Waals surface area contributed by atoms with E-state index in [1.54, 1.807) is 35.0 Å². The number of morpholine rings is 1. The van der Waals surface area contributed by atoms with Crippen LogP contribution in [0.4, 0.5) is 20.1 Å². The number of benzene rings is 4. The SMILES string of the molecule is CC(C)CN(C[C@@H](O)[C@H](Cc1ccccc1)NC(=O)O[C@H]1CO[C@H]2OCC[C@H]21)S(=O)(=O)c1ccc(N)cc1.CC(C)c1nc(CN(C)C(=O)N[C@@H](CCN2CCOCC2)C(=O)N[C@H](CC[C@H](Cc2ccccc2)NC(=O)OCc2cncs2)Cc2ccccc2)cs1. The Morgan fingerprint density at radius 2 is 1.39 bits per heavy atom. The predicted octanol–water partition coefficient (Wildman–Crippen LogP) is 8.38. The van der Waals surface area contributed by atoms with E-state index in [9.17, 15) is 32.7 Å². The van der Waals surface area contributed by atoms with E-state index in [0.717, 1.165) is 51.8 Å². The highest BCUT2D eigenvalue weighted by molar-refractivity contribution is 7.89. The van der Waals surface area contributed by atoms with Crippen molar-refractivity contribution in [1.82, 2.24) is 45.3 Å². The van der Waals surface area contributed by atoms with Crippen LogP contribution < -0.4 is 27.0 Å². The number of thiazole rings is 2. The van der Waals surface area contributed by atoms with Crippen LogP contribution in [0.15, 0.2) is 137 Å². The van der Waals surface area contributed by atoms with Crippen molar-refractivity contribution >= 4 is 62.5 Å². The van der Waals surface area contributed by atoms with Gasteiger partial charge in [0.15, 0.2) is 6.29 Å². The first-order valence-corrected chi connectivity index (χ1v) is 34.8. The van der Waals surface area contributed by atoms with Gasteiger partial charge in [-0.2, -0.15) is 4.31 Å². The molecule has 5 amide bonds. The summed E-state index contributed by atoms with van der Waals surface area (Å²) in [6, 6.07) is 33.0. The minimum atomic E-state index is -3.93. The lowest BCUT2D eigenvalue weighted by Crippen LogP contribution is -2.54. The average Bonchev–Trinajstić information content (AvgIpc) is 1.49. The molecule has 3 fully saturated rings. The Bertz CT molecular complexity index is 3290.